The summed E-state index contributed by atoms with van der Waals surface area (Å²) in [6.45, 7) is 4.90. The number of nitrogens with one attached hydrogen (secondary N) is 1. The van der Waals surface area contributed by atoms with E-state index in [-0.39, 0.29) is 18.5 Å². The fourth-order valence-electron chi connectivity index (χ4n) is 7.87. The van der Waals surface area contributed by atoms with Gasteiger partial charge in [-0.1, -0.05) is 225 Å². The van der Waals surface area contributed by atoms with Crippen molar-refractivity contribution in [3.05, 3.63) is 12.2 Å². The topological polar surface area (TPSA) is 95.9 Å². The molecule has 0 rings (SSSR count). The van der Waals surface area contributed by atoms with Crippen LogP contribution in [0.2, 0.25) is 0 Å². The molecular weight excluding hydrogens is 707 g/mol. The molecule has 0 fully saturated rings. The Labute approximate surface area is 355 Å². The highest BCUT2D eigenvalue weighted by Crippen LogP contribution is 2.16. The molecule has 6 heteroatoms. The van der Waals surface area contributed by atoms with Crippen LogP contribution in [0.1, 0.15) is 277 Å². The van der Waals surface area contributed by atoms with E-state index in [1.54, 1.807) is 0 Å². The molecule has 0 bridgehead atoms. The number of carbonyl (C=O) groups excluding carboxylic acids is 2. The fraction of sp³-hybridized carbons (Fsp3) is 0.922. The fourth-order valence-corrected chi connectivity index (χ4v) is 7.87. The average molecular weight is 806 g/mol. The summed E-state index contributed by atoms with van der Waals surface area (Å²) in [6.07, 6.45) is 53.1. The Morgan fingerprint density at radius 2 is 0.825 bits per heavy atom. The molecule has 3 N–H and O–H groups in total. The van der Waals surface area contributed by atoms with Gasteiger partial charge in [0.2, 0.25) is 5.91 Å². The van der Waals surface area contributed by atoms with E-state index in [2.05, 4.69) is 31.3 Å². The van der Waals surface area contributed by atoms with Gasteiger partial charge in [0.15, 0.2) is 0 Å². The molecule has 0 spiro atoms. The quantitative estimate of drug-likeness (QED) is 0.0323. The van der Waals surface area contributed by atoms with Gasteiger partial charge in [-0.05, 0) is 51.4 Å². The van der Waals surface area contributed by atoms with Crippen molar-refractivity contribution in [3.8, 4) is 0 Å². The number of allylic oxidation sites excluding steroid dienone is 2. The summed E-state index contributed by atoms with van der Waals surface area (Å²) in [7, 11) is 0. The number of esters is 1. The van der Waals surface area contributed by atoms with Gasteiger partial charge in [0.05, 0.1) is 25.4 Å². The Kier molecular flexibility index (Phi) is 46.1. The summed E-state index contributed by atoms with van der Waals surface area (Å²) in [6, 6.07) is -0.557. The van der Waals surface area contributed by atoms with Gasteiger partial charge in [-0.3, -0.25) is 9.59 Å². The third kappa shape index (κ3) is 44.0. The maximum Gasteiger partial charge on any atom is 0.305 e. The van der Waals surface area contributed by atoms with E-state index in [0.717, 1.165) is 57.8 Å². The number of hydrogen-bond acceptors (Lipinski definition) is 5. The maximum atomic E-state index is 12.4. The molecule has 6 nitrogen and oxygen atoms in total. The van der Waals surface area contributed by atoms with Gasteiger partial charge < -0.3 is 20.3 Å². The minimum absolute atomic E-state index is 0.0259. The number of ether oxygens (including phenoxy) is 1. The van der Waals surface area contributed by atoms with Crippen molar-refractivity contribution in [2.45, 2.75) is 289 Å². The zero-order chi connectivity index (χ0) is 41.5. The van der Waals surface area contributed by atoms with Crippen LogP contribution in [0, 0.1) is 0 Å². The lowest BCUT2D eigenvalue weighted by Crippen LogP contribution is -2.45. The number of unbranched alkanes of at least 4 members (excludes halogenated alkanes) is 34. The summed E-state index contributed by atoms with van der Waals surface area (Å²) in [5, 5.41) is 23.2. The Bertz CT molecular complexity index is 847. The molecule has 0 radical (unpaired) electrons. The van der Waals surface area contributed by atoms with Gasteiger partial charge in [-0.25, -0.2) is 0 Å². The van der Waals surface area contributed by atoms with Crippen molar-refractivity contribution in [3.63, 3.8) is 0 Å². The highest BCUT2D eigenvalue weighted by atomic mass is 16.5. The van der Waals surface area contributed by atoms with E-state index in [1.807, 2.05) is 0 Å². The molecule has 0 heterocycles. The van der Waals surface area contributed by atoms with Crippen molar-refractivity contribution in [1.82, 2.24) is 5.32 Å². The van der Waals surface area contributed by atoms with Crippen molar-refractivity contribution in [2.24, 2.45) is 0 Å². The van der Waals surface area contributed by atoms with Crippen LogP contribution >= 0.6 is 0 Å². The first-order chi connectivity index (χ1) is 28.0. The molecule has 57 heavy (non-hydrogen) atoms. The minimum Gasteiger partial charge on any atom is -0.466 e. The van der Waals surface area contributed by atoms with Gasteiger partial charge in [0, 0.05) is 12.8 Å². The van der Waals surface area contributed by atoms with Crippen LogP contribution in [-0.2, 0) is 14.3 Å². The van der Waals surface area contributed by atoms with Crippen molar-refractivity contribution < 1.29 is 24.5 Å². The van der Waals surface area contributed by atoms with Gasteiger partial charge in [-0.15, -0.1) is 0 Å². The minimum atomic E-state index is -0.678. The second-order valence-electron chi connectivity index (χ2n) is 17.5. The monoisotopic (exact) mass is 806 g/mol. The SMILES string of the molecule is CCCCCCCCC/C=C\CCCCCCCC(=O)OCCCCCCCCCCCCC(=O)NC(CO)C(O)CCCCCCCCCCCCCCCC. The molecular formula is C51H99NO5. The molecule has 1 amide bonds. The molecule has 0 aliphatic heterocycles. The highest BCUT2D eigenvalue weighted by Gasteiger charge is 2.20. The number of hydrogen-bond donors (Lipinski definition) is 3. The van der Waals surface area contributed by atoms with Crippen molar-refractivity contribution in [2.75, 3.05) is 13.2 Å². The number of amides is 1. The van der Waals surface area contributed by atoms with E-state index < -0.39 is 12.1 Å². The van der Waals surface area contributed by atoms with E-state index in [9.17, 15) is 19.8 Å². The summed E-state index contributed by atoms with van der Waals surface area (Å²) in [5.74, 6) is -0.0833. The van der Waals surface area contributed by atoms with Crippen LogP contribution in [0.5, 0.6) is 0 Å². The van der Waals surface area contributed by atoms with Crippen LogP contribution in [0.25, 0.3) is 0 Å². The largest absolute Gasteiger partial charge is 0.466 e. The van der Waals surface area contributed by atoms with E-state index >= 15 is 0 Å². The molecule has 338 valence electrons. The van der Waals surface area contributed by atoms with E-state index in [4.69, 9.17) is 4.74 Å². The van der Waals surface area contributed by atoms with Crippen LogP contribution < -0.4 is 5.32 Å². The summed E-state index contributed by atoms with van der Waals surface area (Å²) in [5.41, 5.74) is 0. The second-order valence-corrected chi connectivity index (χ2v) is 17.5. The second kappa shape index (κ2) is 47.3. The number of carbonyl (C=O) groups is 2. The van der Waals surface area contributed by atoms with Crippen LogP contribution in [0.4, 0.5) is 0 Å². The third-order valence-corrected chi connectivity index (χ3v) is 11.8. The molecule has 2 unspecified atom stereocenters. The molecule has 0 saturated heterocycles. The lowest BCUT2D eigenvalue weighted by Gasteiger charge is -2.22. The van der Waals surface area contributed by atoms with Crippen molar-refractivity contribution in [1.29, 1.82) is 0 Å². The molecule has 0 aliphatic carbocycles. The standard InChI is InChI=1S/C51H99NO5/c1-3-5-7-9-11-13-15-17-19-20-22-24-29-33-37-41-45-51(56)57-46-42-38-34-30-26-25-28-32-36-40-44-50(55)52-48(47-53)49(54)43-39-35-31-27-23-21-18-16-14-12-10-8-6-4-2/h19-20,48-49,53-54H,3-18,21-47H2,1-2H3,(H,52,55)/b20-19-. The predicted octanol–water partition coefficient (Wildman–Crippen LogP) is 15.0. The first-order valence-corrected chi connectivity index (χ1v) is 25.4. The normalized spacial score (nSPS) is 12.7. The summed E-state index contributed by atoms with van der Waals surface area (Å²) in [4.78, 5) is 24.5. The summed E-state index contributed by atoms with van der Waals surface area (Å²) < 4.78 is 5.45. The zero-order valence-electron chi connectivity index (χ0n) is 38.3. The lowest BCUT2D eigenvalue weighted by atomic mass is 10.0. The average Bonchev–Trinajstić information content (AvgIpc) is 3.21. The first-order valence-electron chi connectivity index (χ1n) is 25.4. The molecule has 2 atom stereocenters. The smallest absolute Gasteiger partial charge is 0.305 e. The Hall–Kier alpha value is -1.40. The third-order valence-electron chi connectivity index (χ3n) is 11.8. The van der Waals surface area contributed by atoms with Gasteiger partial charge in [-0.2, -0.15) is 0 Å². The predicted molar refractivity (Wildman–Crippen MR) is 246 cm³/mol. The highest BCUT2D eigenvalue weighted by molar-refractivity contribution is 5.76. The molecule has 0 aromatic carbocycles. The van der Waals surface area contributed by atoms with E-state index in [1.165, 1.54) is 186 Å². The number of rotatable bonds is 47. The Balaban J connectivity index is 3.47. The zero-order valence-corrected chi connectivity index (χ0v) is 38.3. The van der Waals surface area contributed by atoms with Gasteiger partial charge >= 0.3 is 5.97 Å². The van der Waals surface area contributed by atoms with E-state index in [0.29, 0.717) is 25.9 Å². The van der Waals surface area contributed by atoms with Crippen LogP contribution in [0.3, 0.4) is 0 Å². The first kappa shape index (κ1) is 55.6. The van der Waals surface area contributed by atoms with Gasteiger partial charge in [0.25, 0.3) is 0 Å². The molecule has 0 saturated carbocycles. The van der Waals surface area contributed by atoms with Crippen LogP contribution in [-0.4, -0.2) is 47.4 Å². The lowest BCUT2D eigenvalue weighted by molar-refractivity contribution is -0.143. The Morgan fingerprint density at radius 1 is 0.474 bits per heavy atom. The molecule has 0 aliphatic rings. The number of aliphatic hydroxyl groups excluding tert-OH is 2. The molecule has 0 aromatic rings. The van der Waals surface area contributed by atoms with Crippen LogP contribution in [0.15, 0.2) is 12.2 Å². The Morgan fingerprint density at radius 3 is 1.25 bits per heavy atom. The summed E-state index contributed by atoms with van der Waals surface area (Å²) >= 11 is 0. The van der Waals surface area contributed by atoms with Gasteiger partial charge in [0.1, 0.15) is 0 Å². The number of aliphatic hydroxyl groups is 2. The molecule has 0 aromatic heterocycles. The maximum absolute atomic E-state index is 12.4. The van der Waals surface area contributed by atoms with Crippen molar-refractivity contribution >= 4 is 11.9 Å².